The fourth-order valence-electron chi connectivity index (χ4n) is 7.67. The molecule has 0 saturated heterocycles. The molecule has 326 valence electrons. The summed E-state index contributed by atoms with van der Waals surface area (Å²) in [6.45, 7) is 4.19. The quantitative estimate of drug-likeness (QED) is 0.0366. The minimum absolute atomic E-state index is 0.373. The number of carbonyl (C=O) groups excluding carboxylic acids is 1. The van der Waals surface area contributed by atoms with E-state index in [1.807, 2.05) is 6.08 Å². The first-order valence-electron chi connectivity index (χ1n) is 24.7. The van der Waals surface area contributed by atoms with Crippen molar-refractivity contribution in [3.63, 3.8) is 0 Å². The van der Waals surface area contributed by atoms with E-state index in [4.69, 9.17) is 0 Å². The molecule has 3 atom stereocenters. The summed E-state index contributed by atoms with van der Waals surface area (Å²) in [5, 5.41) is 33.2. The van der Waals surface area contributed by atoms with Gasteiger partial charge >= 0.3 is 0 Å². The van der Waals surface area contributed by atoms with Crippen LogP contribution in [0.3, 0.4) is 0 Å². The molecule has 0 heterocycles. The molecule has 0 aromatic heterocycles. The normalized spacial score (nSPS) is 13.6. The molecule has 5 heteroatoms. The van der Waals surface area contributed by atoms with Crippen molar-refractivity contribution in [2.75, 3.05) is 6.61 Å². The lowest BCUT2D eigenvalue weighted by Crippen LogP contribution is -2.48. The van der Waals surface area contributed by atoms with Gasteiger partial charge in [0.05, 0.1) is 18.8 Å². The third-order valence-corrected chi connectivity index (χ3v) is 11.5. The van der Waals surface area contributed by atoms with Crippen molar-refractivity contribution in [1.29, 1.82) is 0 Å². The molecule has 3 unspecified atom stereocenters. The third-order valence-electron chi connectivity index (χ3n) is 11.5. The fourth-order valence-corrected chi connectivity index (χ4v) is 7.67. The molecule has 0 aromatic carbocycles. The average Bonchev–Trinajstić information content (AvgIpc) is 3.19. The molecule has 1 amide bonds. The number of nitrogens with one attached hydrogen (secondary N) is 1. The van der Waals surface area contributed by atoms with Crippen LogP contribution < -0.4 is 5.32 Å². The SMILES string of the molecule is CCCCCCCCCCCC/C=C/CC/C=C/C(O)C(CO)NC(=O)C(O)CCCCCCCCCCCCCCCCCCCCCCCCCCC. The Hall–Kier alpha value is -1.17. The molecule has 0 spiro atoms. The number of hydrogen-bond donors (Lipinski definition) is 4. The minimum Gasteiger partial charge on any atom is -0.394 e. The summed E-state index contributed by atoms with van der Waals surface area (Å²) >= 11 is 0. The van der Waals surface area contributed by atoms with Gasteiger partial charge in [0.15, 0.2) is 0 Å². The molecule has 5 nitrogen and oxygen atoms in total. The summed E-state index contributed by atoms with van der Waals surface area (Å²) in [5.41, 5.74) is 0. The van der Waals surface area contributed by atoms with Crippen LogP contribution in [0.25, 0.3) is 0 Å². The molecule has 4 N–H and O–H groups in total. The van der Waals surface area contributed by atoms with Gasteiger partial charge in [-0.3, -0.25) is 4.79 Å². The highest BCUT2D eigenvalue weighted by atomic mass is 16.3. The van der Waals surface area contributed by atoms with Gasteiger partial charge < -0.3 is 20.6 Å². The van der Waals surface area contributed by atoms with E-state index in [2.05, 4.69) is 31.3 Å². The van der Waals surface area contributed by atoms with E-state index in [9.17, 15) is 20.1 Å². The number of rotatable bonds is 45. The summed E-state index contributed by atoms with van der Waals surface area (Å²) in [6.07, 6.45) is 56.6. The highest BCUT2D eigenvalue weighted by Crippen LogP contribution is 2.17. The second kappa shape index (κ2) is 45.5. The number of hydrogen-bond acceptors (Lipinski definition) is 4. The topological polar surface area (TPSA) is 89.8 Å². The molecule has 0 fully saturated rings. The van der Waals surface area contributed by atoms with E-state index in [0.29, 0.717) is 6.42 Å². The zero-order valence-electron chi connectivity index (χ0n) is 37.1. The van der Waals surface area contributed by atoms with Crippen molar-refractivity contribution in [3.8, 4) is 0 Å². The maximum absolute atomic E-state index is 12.5. The zero-order valence-corrected chi connectivity index (χ0v) is 37.1. The number of aliphatic hydroxyl groups excluding tert-OH is 3. The Labute approximate surface area is 343 Å². The van der Waals surface area contributed by atoms with E-state index in [-0.39, 0.29) is 6.61 Å². The van der Waals surface area contributed by atoms with E-state index in [0.717, 1.165) is 38.5 Å². The molecular formula is C50H97NO4. The van der Waals surface area contributed by atoms with E-state index in [1.165, 1.54) is 205 Å². The molecule has 0 bridgehead atoms. The Morgan fingerprint density at radius 1 is 0.436 bits per heavy atom. The number of allylic oxidation sites excluding steroid dienone is 3. The predicted octanol–water partition coefficient (Wildman–Crippen LogP) is 14.6. The van der Waals surface area contributed by atoms with Gasteiger partial charge in [0.1, 0.15) is 6.10 Å². The average molecular weight is 776 g/mol. The second-order valence-electron chi connectivity index (χ2n) is 17.0. The van der Waals surface area contributed by atoms with Crippen LogP contribution in [-0.2, 0) is 4.79 Å². The van der Waals surface area contributed by atoms with Crippen LogP contribution in [0.5, 0.6) is 0 Å². The van der Waals surface area contributed by atoms with Gasteiger partial charge in [-0.15, -0.1) is 0 Å². The first-order chi connectivity index (χ1) is 27.1. The van der Waals surface area contributed by atoms with Crippen molar-refractivity contribution in [1.82, 2.24) is 5.32 Å². The lowest BCUT2D eigenvalue weighted by Gasteiger charge is -2.21. The smallest absolute Gasteiger partial charge is 0.249 e. The van der Waals surface area contributed by atoms with Gasteiger partial charge in [-0.05, 0) is 32.1 Å². The van der Waals surface area contributed by atoms with Crippen molar-refractivity contribution >= 4 is 5.91 Å². The molecule has 0 saturated carbocycles. The van der Waals surface area contributed by atoms with Crippen LogP contribution >= 0.6 is 0 Å². The summed E-state index contributed by atoms with van der Waals surface area (Å²) < 4.78 is 0. The summed E-state index contributed by atoms with van der Waals surface area (Å²) in [5.74, 6) is -0.509. The maximum Gasteiger partial charge on any atom is 0.249 e. The monoisotopic (exact) mass is 776 g/mol. The number of unbranched alkanes of at least 4 members (excludes halogenated alkanes) is 35. The van der Waals surface area contributed by atoms with Crippen molar-refractivity contribution in [3.05, 3.63) is 24.3 Å². The Morgan fingerprint density at radius 3 is 1.11 bits per heavy atom. The largest absolute Gasteiger partial charge is 0.394 e. The zero-order chi connectivity index (χ0) is 40.1. The first kappa shape index (κ1) is 53.8. The van der Waals surface area contributed by atoms with Crippen LogP contribution in [0.1, 0.15) is 264 Å². The highest BCUT2D eigenvalue weighted by Gasteiger charge is 2.22. The van der Waals surface area contributed by atoms with Gasteiger partial charge in [-0.25, -0.2) is 0 Å². The van der Waals surface area contributed by atoms with Gasteiger partial charge in [0.25, 0.3) is 0 Å². The number of amides is 1. The van der Waals surface area contributed by atoms with E-state index >= 15 is 0 Å². The first-order valence-corrected chi connectivity index (χ1v) is 24.7. The maximum atomic E-state index is 12.5. The summed E-state index contributed by atoms with van der Waals surface area (Å²) in [4.78, 5) is 12.5. The van der Waals surface area contributed by atoms with Gasteiger partial charge in [0, 0.05) is 0 Å². The molecular weight excluding hydrogens is 679 g/mol. The van der Waals surface area contributed by atoms with Crippen molar-refractivity contribution < 1.29 is 20.1 Å². The van der Waals surface area contributed by atoms with Crippen LogP contribution in [0.4, 0.5) is 0 Å². The Bertz CT molecular complexity index is 814. The minimum atomic E-state index is -1.10. The van der Waals surface area contributed by atoms with Crippen LogP contribution in [0.2, 0.25) is 0 Å². The van der Waals surface area contributed by atoms with Gasteiger partial charge in [0.2, 0.25) is 5.91 Å². The molecule has 0 aliphatic heterocycles. The molecule has 0 radical (unpaired) electrons. The van der Waals surface area contributed by atoms with E-state index in [1.54, 1.807) is 6.08 Å². The molecule has 55 heavy (non-hydrogen) atoms. The van der Waals surface area contributed by atoms with Crippen LogP contribution in [0.15, 0.2) is 24.3 Å². The van der Waals surface area contributed by atoms with Crippen molar-refractivity contribution in [2.24, 2.45) is 0 Å². The second-order valence-corrected chi connectivity index (χ2v) is 17.0. The Balaban J connectivity index is 3.60. The Morgan fingerprint density at radius 2 is 0.745 bits per heavy atom. The highest BCUT2D eigenvalue weighted by molar-refractivity contribution is 5.80. The van der Waals surface area contributed by atoms with E-state index < -0.39 is 24.2 Å². The predicted molar refractivity (Wildman–Crippen MR) is 241 cm³/mol. The van der Waals surface area contributed by atoms with Gasteiger partial charge in [-0.2, -0.15) is 0 Å². The number of carbonyl (C=O) groups is 1. The summed E-state index contributed by atoms with van der Waals surface area (Å²) in [6, 6.07) is -0.811. The van der Waals surface area contributed by atoms with Crippen LogP contribution in [-0.4, -0.2) is 46.1 Å². The summed E-state index contributed by atoms with van der Waals surface area (Å²) in [7, 11) is 0. The molecule has 0 aromatic rings. The Kier molecular flexibility index (Phi) is 44.6. The van der Waals surface area contributed by atoms with Crippen molar-refractivity contribution in [2.45, 2.75) is 283 Å². The lowest BCUT2D eigenvalue weighted by atomic mass is 10.0. The molecule has 0 rings (SSSR count). The fraction of sp³-hybridized carbons (Fsp3) is 0.900. The molecule has 0 aliphatic rings. The number of aliphatic hydroxyl groups is 3. The standard InChI is InChI=1S/C50H97NO4/c1-3-5-7-9-11-13-15-17-19-21-22-23-24-25-26-27-28-29-31-33-35-37-39-41-43-45-49(54)50(55)51-47(46-52)48(53)44-42-40-38-36-34-32-30-20-18-16-14-12-10-8-6-4-2/h34,36,42,44,47-49,52-54H,3-33,35,37-41,43,45-46H2,1-2H3,(H,51,55)/b36-34+,44-42+. The third kappa shape index (κ3) is 40.8. The lowest BCUT2D eigenvalue weighted by molar-refractivity contribution is -0.131. The van der Waals surface area contributed by atoms with Crippen LogP contribution in [0, 0.1) is 0 Å². The van der Waals surface area contributed by atoms with Gasteiger partial charge in [-0.1, -0.05) is 256 Å². The molecule has 0 aliphatic carbocycles.